The van der Waals surface area contributed by atoms with Gasteiger partial charge in [-0.15, -0.1) is 0 Å². The molecule has 152 valence electrons. The SMILES string of the molecule is C=CC(=O)N1CCCC(Oc2nc(Nc3cnn(C)c3)nc3[nH]cc(Cl)c23)CC1. The molecule has 1 fully saturated rings. The molecule has 1 aliphatic rings. The monoisotopic (exact) mass is 415 g/mol. The zero-order valence-electron chi connectivity index (χ0n) is 16.1. The van der Waals surface area contributed by atoms with Crippen molar-refractivity contribution in [3.8, 4) is 5.88 Å². The number of anilines is 2. The summed E-state index contributed by atoms with van der Waals surface area (Å²) in [6, 6.07) is 0. The first-order valence-corrected chi connectivity index (χ1v) is 9.79. The highest BCUT2D eigenvalue weighted by molar-refractivity contribution is 6.35. The van der Waals surface area contributed by atoms with Gasteiger partial charge in [0.15, 0.2) is 0 Å². The molecular weight excluding hydrogens is 394 g/mol. The summed E-state index contributed by atoms with van der Waals surface area (Å²) in [5.41, 5.74) is 1.35. The van der Waals surface area contributed by atoms with E-state index in [1.54, 1.807) is 22.0 Å². The lowest BCUT2D eigenvalue weighted by Crippen LogP contribution is -2.30. The Morgan fingerprint density at radius 1 is 1.41 bits per heavy atom. The molecule has 9 nitrogen and oxygen atoms in total. The third kappa shape index (κ3) is 4.19. The Labute approximate surface area is 172 Å². The molecule has 2 N–H and O–H groups in total. The van der Waals surface area contributed by atoms with Gasteiger partial charge in [-0.1, -0.05) is 18.2 Å². The van der Waals surface area contributed by atoms with Crippen LogP contribution in [0.4, 0.5) is 11.6 Å². The molecule has 0 spiro atoms. The molecule has 1 aliphatic heterocycles. The summed E-state index contributed by atoms with van der Waals surface area (Å²) in [6.07, 6.45) is 8.83. The quantitative estimate of drug-likeness (QED) is 0.621. The molecule has 0 aromatic carbocycles. The first-order chi connectivity index (χ1) is 14.0. The molecule has 0 bridgehead atoms. The summed E-state index contributed by atoms with van der Waals surface area (Å²) < 4.78 is 7.94. The smallest absolute Gasteiger partial charge is 0.245 e. The van der Waals surface area contributed by atoms with Crippen LogP contribution in [-0.2, 0) is 11.8 Å². The number of carbonyl (C=O) groups is 1. The number of aromatic amines is 1. The third-order valence-electron chi connectivity index (χ3n) is 4.85. The van der Waals surface area contributed by atoms with Gasteiger partial charge >= 0.3 is 0 Å². The highest BCUT2D eigenvalue weighted by atomic mass is 35.5. The van der Waals surface area contributed by atoms with Crippen LogP contribution in [0, 0.1) is 0 Å². The molecule has 1 amide bonds. The zero-order chi connectivity index (χ0) is 20.4. The summed E-state index contributed by atoms with van der Waals surface area (Å²) >= 11 is 6.34. The van der Waals surface area contributed by atoms with E-state index in [0.717, 1.165) is 18.5 Å². The van der Waals surface area contributed by atoms with E-state index in [2.05, 4.69) is 31.9 Å². The maximum Gasteiger partial charge on any atom is 0.245 e. The number of likely N-dealkylation sites (tertiary alicyclic amines) is 1. The van der Waals surface area contributed by atoms with Gasteiger partial charge in [0.25, 0.3) is 0 Å². The second-order valence-electron chi connectivity index (χ2n) is 6.94. The van der Waals surface area contributed by atoms with Crippen LogP contribution in [0.25, 0.3) is 11.0 Å². The van der Waals surface area contributed by atoms with Gasteiger partial charge in [-0.3, -0.25) is 9.48 Å². The fourth-order valence-electron chi connectivity index (χ4n) is 3.41. The van der Waals surface area contributed by atoms with E-state index in [1.807, 2.05) is 13.2 Å². The fourth-order valence-corrected chi connectivity index (χ4v) is 3.64. The fraction of sp³-hybridized carbons (Fsp3) is 0.368. The van der Waals surface area contributed by atoms with E-state index >= 15 is 0 Å². The van der Waals surface area contributed by atoms with Crippen molar-refractivity contribution in [1.29, 1.82) is 0 Å². The van der Waals surface area contributed by atoms with Crippen LogP contribution in [0.15, 0.2) is 31.2 Å². The van der Waals surface area contributed by atoms with Gasteiger partial charge in [0, 0.05) is 39.0 Å². The third-order valence-corrected chi connectivity index (χ3v) is 5.15. The molecule has 29 heavy (non-hydrogen) atoms. The average Bonchev–Trinajstić information content (AvgIpc) is 3.19. The number of fused-ring (bicyclic) bond motifs is 1. The molecule has 0 aliphatic carbocycles. The minimum atomic E-state index is -0.0760. The molecule has 3 aromatic heterocycles. The predicted octanol–water partition coefficient (Wildman–Crippen LogP) is 3.03. The second-order valence-corrected chi connectivity index (χ2v) is 7.35. The Morgan fingerprint density at radius 2 is 2.28 bits per heavy atom. The molecule has 4 heterocycles. The average molecular weight is 416 g/mol. The van der Waals surface area contributed by atoms with E-state index in [1.165, 1.54) is 6.08 Å². The van der Waals surface area contributed by atoms with Crippen molar-refractivity contribution in [2.45, 2.75) is 25.4 Å². The number of halogens is 1. The Hall–Kier alpha value is -3.07. The van der Waals surface area contributed by atoms with Gasteiger partial charge in [0.2, 0.25) is 17.7 Å². The topological polar surface area (TPSA) is 101 Å². The molecule has 1 unspecified atom stereocenters. The summed E-state index contributed by atoms with van der Waals surface area (Å²) in [7, 11) is 1.83. The van der Waals surface area contributed by atoms with E-state index in [4.69, 9.17) is 16.3 Å². The largest absolute Gasteiger partial charge is 0.474 e. The Morgan fingerprint density at radius 3 is 3.03 bits per heavy atom. The van der Waals surface area contributed by atoms with Crippen molar-refractivity contribution in [2.24, 2.45) is 7.05 Å². The molecule has 1 saturated heterocycles. The first-order valence-electron chi connectivity index (χ1n) is 9.42. The van der Waals surface area contributed by atoms with Gasteiger partial charge in [0.05, 0.1) is 22.3 Å². The molecule has 10 heteroatoms. The number of aromatic nitrogens is 5. The van der Waals surface area contributed by atoms with Crippen LogP contribution in [0.5, 0.6) is 5.88 Å². The van der Waals surface area contributed by atoms with Gasteiger partial charge < -0.3 is 19.9 Å². The van der Waals surface area contributed by atoms with Gasteiger partial charge in [-0.05, 0) is 18.9 Å². The number of nitrogens with one attached hydrogen (secondary N) is 2. The normalized spacial score (nSPS) is 17.2. The van der Waals surface area contributed by atoms with E-state index in [0.29, 0.717) is 47.4 Å². The highest BCUT2D eigenvalue weighted by Gasteiger charge is 2.23. The van der Waals surface area contributed by atoms with Crippen LogP contribution in [0.2, 0.25) is 5.02 Å². The van der Waals surface area contributed by atoms with Gasteiger partial charge in [-0.25, -0.2) is 0 Å². The summed E-state index contributed by atoms with van der Waals surface area (Å²) in [5.74, 6) is 0.754. The summed E-state index contributed by atoms with van der Waals surface area (Å²) in [5, 5.41) is 8.41. The Bertz CT molecular complexity index is 1040. The first kappa shape index (κ1) is 19.3. The highest BCUT2D eigenvalue weighted by Crippen LogP contribution is 2.33. The van der Waals surface area contributed by atoms with E-state index in [-0.39, 0.29) is 12.0 Å². The van der Waals surface area contributed by atoms with Crippen LogP contribution < -0.4 is 10.1 Å². The number of rotatable bonds is 5. The van der Waals surface area contributed by atoms with Crippen molar-refractivity contribution in [1.82, 2.24) is 29.6 Å². The van der Waals surface area contributed by atoms with Gasteiger partial charge in [0.1, 0.15) is 11.8 Å². The molecule has 3 aromatic rings. The Kier molecular flexibility index (Phi) is 5.39. The number of carbonyl (C=O) groups excluding carboxylic acids is 1. The number of amides is 1. The summed E-state index contributed by atoms with van der Waals surface area (Å²) in [6.45, 7) is 4.88. The van der Waals surface area contributed by atoms with Crippen molar-refractivity contribution in [3.63, 3.8) is 0 Å². The number of nitrogens with zero attached hydrogens (tertiary/aromatic N) is 5. The molecule has 1 atom stereocenters. The number of hydrogen-bond acceptors (Lipinski definition) is 6. The van der Waals surface area contributed by atoms with Crippen LogP contribution in [0.1, 0.15) is 19.3 Å². The minimum absolute atomic E-state index is 0.0493. The lowest BCUT2D eigenvalue weighted by molar-refractivity contribution is -0.126. The van der Waals surface area contributed by atoms with Crippen LogP contribution in [0.3, 0.4) is 0 Å². The van der Waals surface area contributed by atoms with Crippen LogP contribution in [-0.4, -0.2) is 54.7 Å². The van der Waals surface area contributed by atoms with Crippen molar-refractivity contribution in [2.75, 3.05) is 18.4 Å². The summed E-state index contributed by atoms with van der Waals surface area (Å²) in [4.78, 5) is 25.8. The molecule has 0 radical (unpaired) electrons. The lowest BCUT2D eigenvalue weighted by Gasteiger charge is -2.19. The molecule has 4 rings (SSSR count). The standard InChI is InChI=1S/C19H22ClN7O2/c1-3-15(28)27-7-4-5-13(6-8-27)29-18-16-14(20)10-21-17(16)24-19(25-18)23-12-9-22-26(2)11-12/h3,9-11,13H,1,4-8H2,2H3,(H2,21,23,24,25). The van der Waals surface area contributed by atoms with Crippen molar-refractivity contribution < 1.29 is 9.53 Å². The number of ether oxygens (including phenoxy) is 1. The lowest BCUT2D eigenvalue weighted by atomic mass is 10.1. The van der Waals surface area contributed by atoms with Crippen molar-refractivity contribution >= 4 is 40.2 Å². The number of H-pyrrole nitrogens is 1. The van der Waals surface area contributed by atoms with Crippen LogP contribution >= 0.6 is 11.6 Å². The number of aryl methyl sites for hydroxylation is 1. The number of hydrogen-bond donors (Lipinski definition) is 2. The molecular formula is C19H22ClN7O2. The van der Waals surface area contributed by atoms with E-state index < -0.39 is 0 Å². The van der Waals surface area contributed by atoms with E-state index in [9.17, 15) is 4.79 Å². The maximum absolute atomic E-state index is 11.9. The minimum Gasteiger partial charge on any atom is -0.474 e. The predicted molar refractivity (Wildman–Crippen MR) is 110 cm³/mol. The van der Waals surface area contributed by atoms with Gasteiger partial charge in [-0.2, -0.15) is 15.1 Å². The molecule has 0 saturated carbocycles. The maximum atomic E-state index is 11.9. The zero-order valence-corrected chi connectivity index (χ0v) is 16.8. The Balaban J connectivity index is 1.57. The second kappa shape index (κ2) is 8.12. The van der Waals surface area contributed by atoms with Crippen molar-refractivity contribution in [3.05, 3.63) is 36.3 Å².